The van der Waals surface area contributed by atoms with E-state index in [4.69, 9.17) is 4.74 Å². The van der Waals surface area contributed by atoms with E-state index >= 15 is 0 Å². The molecule has 0 radical (unpaired) electrons. The van der Waals surface area contributed by atoms with Crippen molar-refractivity contribution in [3.05, 3.63) is 59.4 Å². The number of rotatable bonds is 4. The lowest BCUT2D eigenvalue weighted by Gasteiger charge is -2.25. The maximum Gasteiger partial charge on any atom is 0.227 e. The number of methoxy groups -OCH3 is 1. The van der Waals surface area contributed by atoms with E-state index in [1.165, 1.54) is 5.56 Å². The van der Waals surface area contributed by atoms with Crippen LogP contribution in [0.25, 0.3) is 0 Å². The van der Waals surface area contributed by atoms with Crippen LogP contribution in [0.4, 0.5) is 0 Å². The lowest BCUT2D eigenvalue weighted by atomic mass is 10.0. The number of hydrogen-bond donors (Lipinski definition) is 0. The highest BCUT2D eigenvalue weighted by atomic mass is 16.5. The fraction of sp³-hybridized carbons (Fsp3) is 0.368. The zero-order chi connectivity index (χ0) is 16.2. The number of ether oxygens (including phenoxy) is 1. The Morgan fingerprint density at radius 2 is 2.04 bits per heavy atom. The van der Waals surface area contributed by atoms with Gasteiger partial charge in [-0.2, -0.15) is 0 Å². The average Bonchev–Trinajstić information content (AvgIpc) is 3.07. The first-order valence-corrected chi connectivity index (χ1v) is 8.02. The van der Waals surface area contributed by atoms with Crippen LogP contribution in [0.1, 0.15) is 35.7 Å². The molecule has 1 aliphatic rings. The molecule has 0 spiro atoms. The second kappa shape index (κ2) is 6.82. The van der Waals surface area contributed by atoms with E-state index in [1.54, 1.807) is 13.3 Å². The first-order valence-electron chi connectivity index (χ1n) is 8.02. The van der Waals surface area contributed by atoms with Gasteiger partial charge in [0, 0.05) is 18.4 Å². The highest BCUT2D eigenvalue weighted by Crippen LogP contribution is 2.33. The first kappa shape index (κ1) is 15.5. The van der Waals surface area contributed by atoms with Crippen molar-refractivity contribution >= 4 is 5.91 Å². The molecule has 0 saturated carbocycles. The van der Waals surface area contributed by atoms with E-state index in [1.807, 2.05) is 36.1 Å². The molecule has 23 heavy (non-hydrogen) atoms. The minimum absolute atomic E-state index is 0.173. The van der Waals surface area contributed by atoms with Gasteiger partial charge in [-0.3, -0.25) is 9.78 Å². The van der Waals surface area contributed by atoms with Crippen LogP contribution in [0.3, 0.4) is 0 Å². The molecular weight excluding hydrogens is 288 g/mol. The van der Waals surface area contributed by atoms with Crippen molar-refractivity contribution in [2.45, 2.75) is 32.2 Å². The first-order chi connectivity index (χ1) is 11.2. The number of amides is 1. The van der Waals surface area contributed by atoms with Gasteiger partial charge in [0.05, 0.1) is 19.6 Å². The van der Waals surface area contributed by atoms with Crippen molar-refractivity contribution in [3.63, 3.8) is 0 Å². The zero-order valence-electron chi connectivity index (χ0n) is 13.7. The van der Waals surface area contributed by atoms with Crippen LogP contribution < -0.4 is 4.74 Å². The second-order valence-electron chi connectivity index (χ2n) is 6.00. The molecule has 1 aromatic carbocycles. The van der Waals surface area contributed by atoms with E-state index in [-0.39, 0.29) is 11.9 Å². The van der Waals surface area contributed by atoms with Crippen LogP contribution in [0, 0.1) is 6.92 Å². The molecular formula is C19H22N2O2. The Labute approximate surface area is 137 Å². The van der Waals surface area contributed by atoms with Crippen molar-refractivity contribution in [1.29, 1.82) is 0 Å². The largest absolute Gasteiger partial charge is 0.497 e. The number of benzene rings is 1. The number of nitrogens with zero attached hydrogens (tertiary/aromatic N) is 2. The van der Waals surface area contributed by atoms with Gasteiger partial charge in [0.15, 0.2) is 0 Å². The summed E-state index contributed by atoms with van der Waals surface area (Å²) < 4.78 is 5.21. The van der Waals surface area contributed by atoms with Gasteiger partial charge in [-0.05, 0) is 49.1 Å². The molecule has 1 unspecified atom stereocenters. The molecule has 1 fully saturated rings. The van der Waals surface area contributed by atoms with Gasteiger partial charge in [-0.25, -0.2) is 0 Å². The Balaban J connectivity index is 1.72. The van der Waals surface area contributed by atoms with Crippen LogP contribution in [-0.2, 0) is 11.2 Å². The second-order valence-corrected chi connectivity index (χ2v) is 6.00. The summed E-state index contributed by atoms with van der Waals surface area (Å²) in [5.41, 5.74) is 3.12. The Morgan fingerprint density at radius 3 is 2.70 bits per heavy atom. The van der Waals surface area contributed by atoms with Gasteiger partial charge in [-0.15, -0.1) is 0 Å². The van der Waals surface area contributed by atoms with Crippen molar-refractivity contribution < 1.29 is 9.53 Å². The third kappa shape index (κ3) is 3.52. The normalized spacial score (nSPS) is 17.3. The minimum atomic E-state index is 0.173. The summed E-state index contributed by atoms with van der Waals surface area (Å²) in [5, 5.41) is 0. The summed E-state index contributed by atoms with van der Waals surface area (Å²) in [4.78, 5) is 19.0. The molecule has 2 heterocycles. The highest BCUT2D eigenvalue weighted by molar-refractivity contribution is 5.79. The summed E-state index contributed by atoms with van der Waals surface area (Å²) in [6, 6.07) is 12.1. The predicted octanol–water partition coefficient (Wildman–Crippen LogP) is 3.30. The number of aromatic nitrogens is 1. The number of hydrogen-bond acceptors (Lipinski definition) is 3. The Morgan fingerprint density at radius 1 is 1.26 bits per heavy atom. The maximum absolute atomic E-state index is 12.7. The lowest BCUT2D eigenvalue weighted by molar-refractivity contribution is -0.131. The van der Waals surface area contributed by atoms with Crippen molar-refractivity contribution in [2.75, 3.05) is 13.7 Å². The minimum Gasteiger partial charge on any atom is -0.497 e. The topological polar surface area (TPSA) is 42.4 Å². The summed E-state index contributed by atoms with van der Waals surface area (Å²) in [6.45, 7) is 2.78. The molecule has 120 valence electrons. The summed E-state index contributed by atoms with van der Waals surface area (Å²) in [6.07, 6.45) is 4.28. The molecule has 1 aliphatic heterocycles. The van der Waals surface area contributed by atoms with E-state index in [9.17, 15) is 4.79 Å². The van der Waals surface area contributed by atoms with E-state index in [2.05, 4.69) is 17.1 Å². The van der Waals surface area contributed by atoms with Gasteiger partial charge in [0.1, 0.15) is 5.75 Å². The van der Waals surface area contributed by atoms with E-state index < -0.39 is 0 Å². The van der Waals surface area contributed by atoms with Crippen LogP contribution >= 0.6 is 0 Å². The van der Waals surface area contributed by atoms with Crippen molar-refractivity contribution in [1.82, 2.24) is 9.88 Å². The van der Waals surface area contributed by atoms with Crippen LogP contribution in [0.5, 0.6) is 5.75 Å². The van der Waals surface area contributed by atoms with Crippen LogP contribution in [0.2, 0.25) is 0 Å². The van der Waals surface area contributed by atoms with E-state index in [0.29, 0.717) is 6.42 Å². The summed E-state index contributed by atoms with van der Waals surface area (Å²) in [7, 11) is 1.66. The third-order valence-electron chi connectivity index (χ3n) is 4.40. The summed E-state index contributed by atoms with van der Waals surface area (Å²) >= 11 is 0. The third-order valence-corrected chi connectivity index (χ3v) is 4.40. The molecule has 1 amide bonds. The Bertz CT molecular complexity index is 665. The molecule has 1 aromatic heterocycles. The van der Waals surface area contributed by atoms with Gasteiger partial charge in [0.2, 0.25) is 5.91 Å². The number of pyridine rings is 1. The average molecular weight is 310 g/mol. The molecule has 1 atom stereocenters. The van der Waals surface area contributed by atoms with Gasteiger partial charge < -0.3 is 9.64 Å². The molecule has 3 rings (SSSR count). The molecule has 1 saturated heterocycles. The standard InChI is InChI=1S/C19H22N2O2/c1-14-5-6-15(13-20-14)12-19(22)21-11-3-4-18(21)16-7-9-17(23-2)10-8-16/h5-10,13,18H,3-4,11-12H2,1-2H3. The quantitative estimate of drug-likeness (QED) is 0.870. The molecule has 0 aliphatic carbocycles. The van der Waals surface area contributed by atoms with Gasteiger partial charge >= 0.3 is 0 Å². The number of aryl methyl sites for hydroxylation is 1. The molecule has 0 N–H and O–H groups in total. The lowest BCUT2D eigenvalue weighted by Crippen LogP contribution is -2.31. The molecule has 4 heteroatoms. The molecule has 0 bridgehead atoms. The SMILES string of the molecule is COc1ccc(C2CCCN2C(=O)Cc2ccc(C)nc2)cc1. The highest BCUT2D eigenvalue weighted by Gasteiger charge is 2.29. The monoisotopic (exact) mass is 310 g/mol. The zero-order valence-corrected chi connectivity index (χ0v) is 13.7. The van der Waals surface area contributed by atoms with Gasteiger partial charge in [0.25, 0.3) is 0 Å². The maximum atomic E-state index is 12.7. The van der Waals surface area contributed by atoms with Crippen molar-refractivity contribution in [2.24, 2.45) is 0 Å². The van der Waals surface area contributed by atoms with Crippen molar-refractivity contribution in [3.8, 4) is 5.75 Å². The fourth-order valence-corrected chi connectivity index (χ4v) is 3.12. The summed E-state index contributed by atoms with van der Waals surface area (Å²) in [5.74, 6) is 1.02. The smallest absolute Gasteiger partial charge is 0.227 e. The Kier molecular flexibility index (Phi) is 4.60. The van der Waals surface area contributed by atoms with Gasteiger partial charge in [-0.1, -0.05) is 18.2 Å². The number of carbonyl (C=O) groups is 1. The predicted molar refractivity (Wildman–Crippen MR) is 89.4 cm³/mol. The van der Waals surface area contributed by atoms with Crippen LogP contribution in [-0.4, -0.2) is 29.4 Å². The van der Waals surface area contributed by atoms with Crippen LogP contribution in [0.15, 0.2) is 42.6 Å². The Hall–Kier alpha value is -2.36. The number of carbonyl (C=O) groups excluding carboxylic acids is 1. The molecule has 4 nitrogen and oxygen atoms in total. The number of likely N-dealkylation sites (tertiary alicyclic amines) is 1. The van der Waals surface area contributed by atoms with E-state index in [0.717, 1.165) is 36.4 Å². The molecule has 2 aromatic rings. The fourth-order valence-electron chi connectivity index (χ4n) is 3.12.